The molecule has 0 saturated carbocycles. The first-order chi connectivity index (χ1) is 5.86. The molecule has 1 N–H and O–H groups in total. The first-order valence-electron chi connectivity index (χ1n) is 4.07. The predicted octanol–water partition coefficient (Wildman–Crippen LogP) is 1.19. The minimum Gasteiger partial charge on any atom is -0.357 e. The Morgan fingerprint density at radius 2 is 2.00 bits per heavy atom. The van der Waals surface area contributed by atoms with E-state index in [1.54, 1.807) is 0 Å². The van der Waals surface area contributed by atoms with Gasteiger partial charge < -0.3 is 4.90 Å². The summed E-state index contributed by atoms with van der Waals surface area (Å²) in [5.74, 6) is -0.175. The molecule has 2 nitrogen and oxygen atoms in total. The van der Waals surface area contributed by atoms with Crippen LogP contribution in [0.15, 0.2) is 24.3 Å². The number of benzene rings is 1. The quantitative estimate of drug-likeness (QED) is 0.674. The number of rotatable bonds is 1. The van der Waals surface area contributed by atoms with Crippen LogP contribution in [0.25, 0.3) is 0 Å². The topological polar surface area (TPSA) is 15.3 Å². The van der Waals surface area contributed by atoms with Crippen LogP contribution in [-0.4, -0.2) is 19.8 Å². The van der Waals surface area contributed by atoms with Gasteiger partial charge in [0.1, 0.15) is 5.82 Å². The summed E-state index contributed by atoms with van der Waals surface area (Å²) in [5.41, 5.74) is 1.08. The Morgan fingerprint density at radius 1 is 1.25 bits per heavy atom. The minimum atomic E-state index is -0.175. The van der Waals surface area contributed by atoms with Gasteiger partial charge in [0.05, 0.1) is 6.67 Å². The van der Waals surface area contributed by atoms with Crippen molar-refractivity contribution >= 4 is 5.69 Å². The lowest BCUT2D eigenvalue weighted by Crippen LogP contribution is -2.20. The molecule has 0 aromatic heterocycles. The summed E-state index contributed by atoms with van der Waals surface area (Å²) in [7, 11) is 0. The van der Waals surface area contributed by atoms with Crippen LogP contribution in [0.4, 0.5) is 10.1 Å². The van der Waals surface area contributed by atoms with E-state index in [2.05, 4.69) is 10.2 Å². The molecular formula is C9H11FN2. The Balaban J connectivity index is 2.17. The second-order valence-electron chi connectivity index (χ2n) is 2.90. The molecule has 0 spiro atoms. The summed E-state index contributed by atoms with van der Waals surface area (Å²) in [6, 6.07) is 6.60. The van der Waals surface area contributed by atoms with Crippen LogP contribution >= 0.6 is 0 Å². The van der Waals surface area contributed by atoms with Crippen molar-refractivity contribution in [1.82, 2.24) is 5.32 Å². The van der Waals surface area contributed by atoms with Gasteiger partial charge in [-0.15, -0.1) is 0 Å². The van der Waals surface area contributed by atoms with Crippen molar-refractivity contribution in [2.45, 2.75) is 0 Å². The van der Waals surface area contributed by atoms with E-state index in [9.17, 15) is 4.39 Å². The molecule has 64 valence electrons. The maximum Gasteiger partial charge on any atom is 0.123 e. The van der Waals surface area contributed by atoms with Gasteiger partial charge in [-0.2, -0.15) is 0 Å². The molecule has 12 heavy (non-hydrogen) atoms. The van der Waals surface area contributed by atoms with E-state index in [1.807, 2.05) is 12.1 Å². The monoisotopic (exact) mass is 166 g/mol. The Bertz CT molecular complexity index is 252. The van der Waals surface area contributed by atoms with Crippen molar-refractivity contribution in [3.05, 3.63) is 30.1 Å². The van der Waals surface area contributed by atoms with Crippen LogP contribution in [0.3, 0.4) is 0 Å². The highest BCUT2D eigenvalue weighted by atomic mass is 19.1. The van der Waals surface area contributed by atoms with Crippen molar-refractivity contribution < 1.29 is 4.39 Å². The molecule has 1 aromatic rings. The van der Waals surface area contributed by atoms with E-state index in [0.29, 0.717) is 0 Å². The van der Waals surface area contributed by atoms with Gasteiger partial charge in [0.25, 0.3) is 0 Å². The van der Waals surface area contributed by atoms with Gasteiger partial charge in [-0.3, -0.25) is 5.32 Å². The smallest absolute Gasteiger partial charge is 0.123 e. The van der Waals surface area contributed by atoms with Crippen LogP contribution in [0.1, 0.15) is 0 Å². The first-order valence-corrected chi connectivity index (χ1v) is 4.07. The summed E-state index contributed by atoms with van der Waals surface area (Å²) < 4.78 is 12.5. The molecule has 3 heteroatoms. The van der Waals surface area contributed by atoms with Crippen molar-refractivity contribution in [1.29, 1.82) is 0 Å². The van der Waals surface area contributed by atoms with Crippen molar-refractivity contribution in [2.24, 2.45) is 0 Å². The Morgan fingerprint density at radius 3 is 2.58 bits per heavy atom. The molecular weight excluding hydrogens is 155 g/mol. The molecule has 0 aliphatic carbocycles. The number of anilines is 1. The predicted molar refractivity (Wildman–Crippen MR) is 46.6 cm³/mol. The van der Waals surface area contributed by atoms with Gasteiger partial charge in [0.2, 0.25) is 0 Å². The van der Waals surface area contributed by atoms with E-state index in [0.717, 1.165) is 25.4 Å². The second kappa shape index (κ2) is 3.11. The first kappa shape index (κ1) is 7.55. The fourth-order valence-corrected chi connectivity index (χ4v) is 1.38. The molecule has 1 aliphatic heterocycles. The second-order valence-corrected chi connectivity index (χ2v) is 2.90. The summed E-state index contributed by atoms with van der Waals surface area (Å²) in [6.45, 7) is 2.88. The summed E-state index contributed by atoms with van der Waals surface area (Å²) in [5, 5.41) is 3.22. The molecule has 1 saturated heterocycles. The third-order valence-electron chi connectivity index (χ3n) is 2.05. The van der Waals surface area contributed by atoms with E-state index < -0.39 is 0 Å². The summed E-state index contributed by atoms with van der Waals surface area (Å²) >= 11 is 0. The average molecular weight is 166 g/mol. The van der Waals surface area contributed by atoms with Crippen LogP contribution < -0.4 is 10.2 Å². The van der Waals surface area contributed by atoms with Gasteiger partial charge in [0, 0.05) is 18.8 Å². The number of hydrogen-bond donors (Lipinski definition) is 1. The lowest BCUT2D eigenvalue weighted by atomic mass is 10.3. The average Bonchev–Trinajstić information content (AvgIpc) is 2.58. The summed E-state index contributed by atoms with van der Waals surface area (Å²) in [6.07, 6.45) is 0. The van der Waals surface area contributed by atoms with E-state index in [4.69, 9.17) is 0 Å². The van der Waals surface area contributed by atoms with Crippen LogP contribution in [-0.2, 0) is 0 Å². The molecule has 2 rings (SSSR count). The van der Waals surface area contributed by atoms with Gasteiger partial charge in [-0.25, -0.2) is 4.39 Å². The molecule has 1 aliphatic rings. The highest BCUT2D eigenvalue weighted by Gasteiger charge is 2.10. The molecule has 0 atom stereocenters. The maximum absolute atomic E-state index is 12.5. The van der Waals surface area contributed by atoms with Crippen LogP contribution in [0.5, 0.6) is 0 Å². The van der Waals surface area contributed by atoms with Gasteiger partial charge >= 0.3 is 0 Å². The number of nitrogens with zero attached hydrogens (tertiary/aromatic N) is 1. The maximum atomic E-state index is 12.5. The molecule has 1 heterocycles. The zero-order chi connectivity index (χ0) is 8.39. The Labute approximate surface area is 71.0 Å². The van der Waals surface area contributed by atoms with E-state index >= 15 is 0 Å². The van der Waals surface area contributed by atoms with Gasteiger partial charge in [-0.1, -0.05) is 0 Å². The number of hydrogen-bond acceptors (Lipinski definition) is 2. The highest BCUT2D eigenvalue weighted by Crippen LogP contribution is 2.14. The highest BCUT2D eigenvalue weighted by molar-refractivity contribution is 5.46. The zero-order valence-corrected chi connectivity index (χ0v) is 6.76. The standard InChI is InChI=1S/C9H11FN2/c10-8-1-3-9(4-2-8)12-6-5-11-7-12/h1-4,11H,5-7H2. The zero-order valence-electron chi connectivity index (χ0n) is 6.76. The third kappa shape index (κ3) is 1.41. The number of nitrogens with one attached hydrogen (secondary N) is 1. The Hall–Kier alpha value is -1.09. The minimum absolute atomic E-state index is 0.175. The van der Waals surface area contributed by atoms with E-state index in [1.165, 1.54) is 12.1 Å². The van der Waals surface area contributed by atoms with Crippen LogP contribution in [0.2, 0.25) is 0 Å². The van der Waals surface area contributed by atoms with E-state index in [-0.39, 0.29) is 5.82 Å². The molecule has 1 fully saturated rings. The lowest BCUT2D eigenvalue weighted by molar-refractivity contribution is 0.627. The fourth-order valence-electron chi connectivity index (χ4n) is 1.38. The normalized spacial score (nSPS) is 16.9. The lowest BCUT2D eigenvalue weighted by Gasteiger charge is -2.15. The molecule has 0 bridgehead atoms. The number of halogens is 1. The Kier molecular flexibility index (Phi) is 1.96. The van der Waals surface area contributed by atoms with Crippen LogP contribution in [0, 0.1) is 5.82 Å². The summed E-state index contributed by atoms with van der Waals surface area (Å²) in [4.78, 5) is 2.18. The van der Waals surface area contributed by atoms with Crippen molar-refractivity contribution in [3.63, 3.8) is 0 Å². The third-order valence-corrected chi connectivity index (χ3v) is 2.05. The SMILES string of the molecule is Fc1ccc(N2CCNC2)cc1. The fraction of sp³-hybridized carbons (Fsp3) is 0.333. The van der Waals surface area contributed by atoms with Gasteiger partial charge in [-0.05, 0) is 24.3 Å². The van der Waals surface area contributed by atoms with Crippen molar-refractivity contribution in [2.75, 3.05) is 24.7 Å². The molecule has 0 amide bonds. The van der Waals surface area contributed by atoms with Gasteiger partial charge in [0.15, 0.2) is 0 Å². The molecule has 1 aromatic carbocycles. The molecule has 0 radical (unpaired) electrons. The largest absolute Gasteiger partial charge is 0.357 e. The van der Waals surface area contributed by atoms with Crippen molar-refractivity contribution in [3.8, 4) is 0 Å². The molecule has 0 unspecified atom stereocenters.